The van der Waals surface area contributed by atoms with Crippen LogP contribution >= 0.6 is 0 Å². The normalized spacial score (nSPS) is 28.8. The largest absolute Gasteiger partial charge is 0.422 e. The van der Waals surface area contributed by atoms with E-state index in [1.807, 2.05) is 6.92 Å². The smallest absolute Gasteiger partial charge is 0.247 e. The van der Waals surface area contributed by atoms with Crippen LogP contribution in [0.5, 0.6) is 0 Å². The molecule has 17 heavy (non-hydrogen) atoms. The van der Waals surface area contributed by atoms with E-state index in [1.54, 1.807) is 0 Å². The summed E-state index contributed by atoms with van der Waals surface area (Å²) < 4.78 is 11.4. The molecule has 0 radical (unpaired) electrons. The van der Waals surface area contributed by atoms with E-state index in [4.69, 9.17) is 9.15 Å². The maximum atomic E-state index is 5.69. The molecule has 1 aromatic heterocycles. The van der Waals surface area contributed by atoms with Crippen molar-refractivity contribution in [1.82, 2.24) is 15.5 Å². The lowest BCUT2D eigenvalue weighted by molar-refractivity contribution is -0.00613. The van der Waals surface area contributed by atoms with Crippen LogP contribution in [0.15, 0.2) is 4.42 Å². The average molecular weight is 237 g/mol. The summed E-state index contributed by atoms with van der Waals surface area (Å²) in [5.74, 6) is 1.35. The lowest BCUT2D eigenvalue weighted by Gasteiger charge is -2.17. The van der Waals surface area contributed by atoms with E-state index in [0.717, 1.165) is 38.5 Å². The van der Waals surface area contributed by atoms with Crippen LogP contribution in [-0.2, 0) is 16.8 Å². The van der Waals surface area contributed by atoms with Crippen molar-refractivity contribution in [2.75, 3.05) is 13.2 Å². The molecule has 0 spiro atoms. The molecule has 5 heteroatoms. The average Bonchev–Trinajstić information content (AvgIpc) is 2.83. The zero-order valence-electron chi connectivity index (χ0n) is 10.2. The lowest BCUT2D eigenvalue weighted by atomic mass is 10.0. The summed E-state index contributed by atoms with van der Waals surface area (Å²) >= 11 is 0. The Bertz CT molecular complexity index is 381. The van der Waals surface area contributed by atoms with Crippen LogP contribution < -0.4 is 5.32 Å². The van der Waals surface area contributed by atoms with Gasteiger partial charge in [-0.2, -0.15) is 0 Å². The van der Waals surface area contributed by atoms with Gasteiger partial charge in [-0.15, -0.1) is 10.2 Å². The molecule has 3 rings (SSSR count). The van der Waals surface area contributed by atoms with Gasteiger partial charge in [-0.1, -0.05) is 0 Å². The van der Waals surface area contributed by atoms with Gasteiger partial charge in [0.15, 0.2) is 0 Å². The summed E-state index contributed by atoms with van der Waals surface area (Å²) in [5.41, 5.74) is -0.352. The van der Waals surface area contributed by atoms with Gasteiger partial charge in [0, 0.05) is 25.6 Å². The molecule has 0 amide bonds. The van der Waals surface area contributed by atoms with Crippen LogP contribution in [0.1, 0.15) is 44.4 Å². The Morgan fingerprint density at radius 1 is 1.41 bits per heavy atom. The third-order valence-electron chi connectivity index (χ3n) is 3.49. The van der Waals surface area contributed by atoms with E-state index < -0.39 is 0 Å². The van der Waals surface area contributed by atoms with Gasteiger partial charge in [-0.25, -0.2) is 0 Å². The standard InChI is InChI=1S/C12H19N3O2/c1-12(6-2-8-16-12)11-15-14-10(17-11)5-7-13-9-3-4-9/h9,13H,2-8H2,1H3. The van der Waals surface area contributed by atoms with Crippen molar-refractivity contribution in [2.45, 2.75) is 50.7 Å². The molecule has 1 N–H and O–H groups in total. The topological polar surface area (TPSA) is 60.2 Å². The Labute approximate surface area is 101 Å². The van der Waals surface area contributed by atoms with E-state index in [1.165, 1.54) is 12.8 Å². The Morgan fingerprint density at radius 2 is 2.29 bits per heavy atom. The molecule has 2 aliphatic rings. The van der Waals surface area contributed by atoms with Crippen LogP contribution in [0.2, 0.25) is 0 Å². The number of nitrogens with one attached hydrogen (secondary N) is 1. The predicted octanol–water partition coefficient (Wildman–Crippen LogP) is 1.39. The van der Waals surface area contributed by atoms with E-state index >= 15 is 0 Å². The lowest BCUT2D eigenvalue weighted by Crippen LogP contribution is -2.20. The highest BCUT2D eigenvalue weighted by Crippen LogP contribution is 2.34. The highest BCUT2D eigenvalue weighted by molar-refractivity contribution is 4.98. The molecule has 1 aliphatic carbocycles. The molecule has 1 saturated carbocycles. The molecular weight excluding hydrogens is 218 g/mol. The number of aromatic nitrogens is 2. The van der Waals surface area contributed by atoms with Gasteiger partial charge < -0.3 is 14.5 Å². The minimum absolute atomic E-state index is 0.352. The second-order valence-corrected chi connectivity index (χ2v) is 5.16. The summed E-state index contributed by atoms with van der Waals surface area (Å²) in [6, 6.07) is 0.730. The van der Waals surface area contributed by atoms with Crippen molar-refractivity contribution in [3.05, 3.63) is 11.8 Å². The van der Waals surface area contributed by atoms with E-state index in [-0.39, 0.29) is 5.60 Å². The molecule has 1 aromatic rings. The first-order valence-electron chi connectivity index (χ1n) is 6.46. The Morgan fingerprint density at radius 3 is 3.00 bits per heavy atom. The maximum absolute atomic E-state index is 5.69. The molecule has 94 valence electrons. The number of nitrogens with zero attached hydrogens (tertiary/aromatic N) is 2. The van der Waals surface area contributed by atoms with Gasteiger partial charge in [0.2, 0.25) is 11.8 Å². The Hall–Kier alpha value is -0.940. The van der Waals surface area contributed by atoms with Crippen LogP contribution in [0, 0.1) is 0 Å². The van der Waals surface area contributed by atoms with Crippen LogP contribution in [0.4, 0.5) is 0 Å². The van der Waals surface area contributed by atoms with Crippen molar-refractivity contribution in [2.24, 2.45) is 0 Å². The molecule has 0 aromatic carbocycles. The molecule has 1 aliphatic heterocycles. The molecule has 0 bridgehead atoms. The molecular formula is C12H19N3O2. The van der Waals surface area contributed by atoms with Gasteiger partial charge in [0.05, 0.1) is 0 Å². The third-order valence-corrected chi connectivity index (χ3v) is 3.49. The van der Waals surface area contributed by atoms with E-state index in [2.05, 4.69) is 15.5 Å². The van der Waals surface area contributed by atoms with E-state index in [0.29, 0.717) is 11.8 Å². The van der Waals surface area contributed by atoms with Crippen LogP contribution in [0.3, 0.4) is 0 Å². The van der Waals surface area contributed by atoms with Gasteiger partial charge in [0.25, 0.3) is 0 Å². The maximum Gasteiger partial charge on any atom is 0.247 e. The molecule has 5 nitrogen and oxygen atoms in total. The summed E-state index contributed by atoms with van der Waals surface area (Å²) in [5, 5.41) is 11.6. The second-order valence-electron chi connectivity index (χ2n) is 5.16. The number of hydrogen-bond donors (Lipinski definition) is 1. The van der Waals surface area contributed by atoms with Crippen molar-refractivity contribution < 1.29 is 9.15 Å². The van der Waals surface area contributed by atoms with Crippen LogP contribution in [-0.4, -0.2) is 29.4 Å². The monoisotopic (exact) mass is 237 g/mol. The molecule has 1 unspecified atom stereocenters. The number of hydrogen-bond acceptors (Lipinski definition) is 5. The van der Waals surface area contributed by atoms with Gasteiger partial charge in [0.1, 0.15) is 5.60 Å². The number of ether oxygens (including phenoxy) is 1. The zero-order chi connectivity index (χ0) is 11.7. The van der Waals surface area contributed by atoms with Crippen molar-refractivity contribution in [3.8, 4) is 0 Å². The van der Waals surface area contributed by atoms with Crippen LogP contribution in [0.25, 0.3) is 0 Å². The fourth-order valence-electron chi connectivity index (χ4n) is 2.19. The highest BCUT2D eigenvalue weighted by atomic mass is 16.5. The molecule has 1 saturated heterocycles. The Kier molecular flexibility index (Phi) is 2.88. The quantitative estimate of drug-likeness (QED) is 0.838. The Balaban J connectivity index is 1.57. The summed E-state index contributed by atoms with van der Waals surface area (Å²) in [7, 11) is 0. The fourth-order valence-corrected chi connectivity index (χ4v) is 2.19. The van der Waals surface area contributed by atoms with Gasteiger partial charge in [-0.3, -0.25) is 0 Å². The zero-order valence-corrected chi connectivity index (χ0v) is 10.2. The minimum atomic E-state index is -0.352. The first-order valence-corrected chi connectivity index (χ1v) is 6.46. The summed E-state index contributed by atoms with van der Waals surface area (Å²) in [6.07, 6.45) is 5.45. The van der Waals surface area contributed by atoms with Gasteiger partial charge >= 0.3 is 0 Å². The van der Waals surface area contributed by atoms with E-state index in [9.17, 15) is 0 Å². The SMILES string of the molecule is CC1(c2nnc(CCNC3CC3)o2)CCCO1. The second kappa shape index (κ2) is 4.38. The molecule has 1 atom stereocenters. The third kappa shape index (κ3) is 2.50. The first kappa shape index (κ1) is 11.2. The predicted molar refractivity (Wildman–Crippen MR) is 61.6 cm³/mol. The van der Waals surface area contributed by atoms with Gasteiger partial charge in [-0.05, 0) is 32.6 Å². The minimum Gasteiger partial charge on any atom is -0.422 e. The van der Waals surface area contributed by atoms with Crippen molar-refractivity contribution in [1.29, 1.82) is 0 Å². The number of rotatable bonds is 5. The first-order chi connectivity index (χ1) is 8.26. The summed E-state index contributed by atoms with van der Waals surface area (Å²) in [4.78, 5) is 0. The summed E-state index contributed by atoms with van der Waals surface area (Å²) in [6.45, 7) is 3.74. The van der Waals surface area contributed by atoms with Crippen molar-refractivity contribution >= 4 is 0 Å². The van der Waals surface area contributed by atoms with Crippen molar-refractivity contribution in [3.63, 3.8) is 0 Å². The molecule has 2 fully saturated rings. The molecule has 2 heterocycles. The fraction of sp³-hybridized carbons (Fsp3) is 0.833. The highest BCUT2D eigenvalue weighted by Gasteiger charge is 2.37.